The van der Waals surface area contributed by atoms with Crippen LogP contribution >= 0.6 is 0 Å². The van der Waals surface area contributed by atoms with Crippen LogP contribution in [0.25, 0.3) is 73.2 Å². The molecule has 206 valence electrons. The van der Waals surface area contributed by atoms with E-state index < -0.39 is 0 Å². The summed E-state index contributed by atoms with van der Waals surface area (Å²) in [6.07, 6.45) is 1.93. The van der Waals surface area contributed by atoms with Gasteiger partial charge in [-0.3, -0.25) is 0 Å². The minimum absolute atomic E-state index is 0.514. The molecule has 0 spiro atoms. The molecule has 0 N–H and O–H groups in total. The number of hydrogen-bond acceptors (Lipinski definition) is 4. The zero-order valence-corrected chi connectivity index (χ0v) is 23.8. The minimum atomic E-state index is 0.514. The summed E-state index contributed by atoms with van der Waals surface area (Å²) in [5, 5.41) is 24.6. The molecule has 0 aliphatic heterocycles. The summed E-state index contributed by atoms with van der Waals surface area (Å²) in [4.78, 5) is 0. The first-order valence-electron chi connectivity index (χ1n) is 14.2. The van der Waals surface area contributed by atoms with Gasteiger partial charge in [0.25, 0.3) is 0 Å². The van der Waals surface area contributed by atoms with E-state index in [0.29, 0.717) is 27.9 Å². The van der Waals surface area contributed by atoms with Crippen molar-refractivity contribution in [3.8, 4) is 29.0 Å². The van der Waals surface area contributed by atoms with Crippen molar-refractivity contribution in [1.29, 1.82) is 10.5 Å². The Morgan fingerprint density at radius 1 is 0.705 bits per heavy atom. The van der Waals surface area contributed by atoms with Gasteiger partial charge in [-0.05, 0) is 67.1 Å². The molecule has 3 aromatic heterocycles. The van der Waals surface area contributed by atoms with Crippen LogP contribution in [0.4, 0.5) is 0 Å². The van der Waals surface area contributed by atoms with Crippen LogP contribution in [0.2, 0.25) is 0 Å². The van der Waals surface area contributed by atoms with E-state index in [1.165, 1.54) is 0 Å². The second kappa shape index (κ2) is 9.63. The number of rotatable bonds is 3. The van der Waals surface area contributed by atoms with Gasteiger partial charge in [-0.25, -0.2) is 0 Å². The second-order valence-electron chi connectivity index (χ2n) is 10.9. The van der Waals surface area contributed by atoms with Crippen LogP contribution in [0.1, 0.15) is 22.5 Å². The molecule has 8 aromatic rings. The molecule has 5 heteroatoms. The van der Waals surface area contributed by atoms with Gasteiger partial charge in [0.05, 0.1) is 33.9 Å². The third kappa shape index (κ3) is 3.71. The highest BCUT2D eigenvalue weighted by Crippen LogP contribution is 2.39. The fourth-order valence-electron chi connectivity index (χ4n) is 6.34. The van der Waals surface area contributed by atoms with E-state index in [1.54, 1.807) is 12.1 Å². The lowest BCUT2D eigenvalue weighted by Gasteiger charge is -2.16. The van der Waals surface area contributed by atoms with Crippen molar-refractivity contribution in [2.45, 2.75) is 6.92 Å². The Morgan fingerprint density at radius 2 is 1.41 bits per heavy atom. The highest BCUT2D eigenvalue weighted by Gasteiger charge is 2.19. The monoisotopic (exact) mass is 565 g/mol. The van der Waals surface area contributed by atoms with Gasteiger partial charge in [-0.15, -0.1) is 0 Å². The quantitative estimate of drug-likeness (QED) is 0.216. The largest absolute Gasteiger partial charge is 0.457 e. The number of hydrogen-bond donors (Lipinski definition) is 0. The summed E-state index contributed by atoms with van der Waals surface area (Å²) >= 11 is 0. The van der Waals surface area contributed by atoms with Crippen molar-refractivity contribution in [1.82, 2.24) is 4.57 Å². The van der Waals surface area contributed by atoms with Crippen LogP contribution in [-0.4, -0.2) is 4.57 Å². The Labute approximate surface area is 252 Å². The molecular weight excluding hydrogens is 542 g/mol. The molecule has 0 aliphatic carbocycles. The predicted molar refractivity (Wildman–Crippen MR) is 175 cm³/mol. The van der Waals surface area contributed by atoms with E-state index >= 15 is 0 Å². The molecule has 5 nitrogen and oxygen atoms in total. The number of fused-ring (bicyclic) bond motifs is 5. The third-order valence-electron chi connectivity index (χ3n) is 8.45. The van der Waals surface area contributed by atoms with Gasteiger partial charge in [0, 0.05) is 37.9 Å². The number of aromatic nitrogens is 1. The number of aryl methyl sites for hydroxylation is 1. The lowest BCUT2D eigenvalue weighted by Crippen LogP contribution is -2.18. The first kappa shape index (κ1) is 25.4. The SMILES string of the molecule is C=c1oc2ccc(C#N)cc2/c1=C/c1oc2ccc(-c3cccc(C#N)c3-n3c4ccccc4c4ccccc43)cc2c1C. The molecule has 0 aliphatic rings. The Morgan fingerprint density at radius 3 is 2.14 bits per heavy atom. The molecule has 0 atom stereocenters. The molecule has 0 radical (unpaired) electrons. The van der Waals surface area contributed by atoms with Gasteiger partial charge in [-0.1, -0.05) is 61.2 Å². The molecule has 0 bridgehead atoms. The summed E-state index contributed by atoms with van der Waals surface area (Å²) < 4.78 is 14.4. The molecule has 0 saturated carbocycles. The topological polar surface area (TPSA) is 78.8 Å². The highest BCUT2D eigenvalue weighted by molar-refractivity contribution is 6.10. The van der Waals surface area contributed by atoms with Gasteiger partial charge in [0.15, 0.2) is 0 Å². The molecular formula is C39H23N3O2. The fraction of sp³-hybridized carbons (Fsp3) is 0.0256. The van der Waals surface area contributed by atoms with Gasteiger partial charge in [-0.2, -0.15) is 10.5 Å². The standard InChI is InChI=1S/C39H23N3O2/c1-23-31-19-26(15-17-36(31)44-38(23)20-32-24(2)43-37-16-14-25(21-40)18-33(32)37)28-11-7-8-27(22-41)39(28)42-34-12-5-3-9-29(34)30-10-4-6-13-35(30)42/h3-20H,2H2,1H3/b32-20+. The zero-order valence-electron chi connectivity index (χ0n) is 23.8. The summed E-state index contributed by atoms with van der Waals surface area (Å²) in [5.41, 5.74) is 8.93. The Balaban J connectivity index is 1.35. The first-order valence-corrected chi connectivity index (χ1v) is 14.2. The maximum Gasteiger partial charge on any atom is 0.135 e. The molecule has 3 heterocycles. The molecule has 0 amide bonds. The number of furan rings is 2. The number of benzene rings is 5. The number of para-hydroxylation sites is 3. The number of nitrogens with zero attached hydrogens (tertiary/aromatic N) is 3. The van der Waals surface area contributed by atoms with Gasteiger partial charge in [0.2, 0.25) is 0 Å². The second-order valence-corrected chi connectivity index (χ2v) is 10.9. The van der Waals surface area contributed by atoms with Crippen molar-refractivity contribution >= 4 is 56.4 Å². The van der Waals surface area contributed by atoms with Crippen LogP contribution in [-0.2, 0) is 0 Å². The molecule has 44 heavy (non-hydrogen) atoms. The predicted octanol–water partition coefficient (Wildman–Crippen LogP) is 8.23. The Kier molecular flexibility index (Phi) is 5.56. The average Bonchev–Trinajstić information content (AvgIpc) is 3.68. The van der Waals surface area contributed by atoms with Gasteiger partial charge >= 0.3 is 0 Å². The lowest BCUT2D eigenvalue weighted by molar-refractivity contribution is 0.576. The van der Waals surface area contributed by atoms with E-state index in [4.69, 9.17) is 8.83 Å². The van der Waals surface area contributed by atoms with Crippen LogP contribution in [0.5, 0.6) is 0 Å². The van der Waals surface area contributed by atoms with Crippen LogP contribution < -0.4 is 10.6 Å². The van der Waals surface area contributed by atoms with E-state index in [-0.39, 0.29) is 0 Å². The van der Waals surface area contributed by atoms with Crippen molar-refractivity contribution in [3.63, 3.8) is 0 Å². The summed E-state index contributed by atoms with van der Waals surface area (Å²) in [6.45, 7) is 6.12. The summed E-state index contributed by atoms with van der Waals surface area (Å²) in [7, 11) is 0. The van der Waals surface area contributed by atoms with Crippen LogP contribution in [0.15, 0.2) is 112 Å². The maximum atomic E-state index is 10.3. The third-order valence-corrected chi connectivity index (χ3v) is 8.45. The summed E-state index contributed by atoms with van der Waals surface area (Å²) in [5.74, 6) is 0.695. The average molecular weight is 566 g/mol. The van der Waals surface area contributed by atoms with E-state index in [1.807, 2.05) is 67.6 Å². The van der Waals surface area contributed by atoms with Crippen molar-refractivity contribution < 1.29 is 8.83 Å². The normalized spacial score (nSPS) is 11.9. The van der Waals surface area contributed by atoms with Crippen LogP contribution in [0.3, 0.4) is 0 Å². The van der Waals surface area contributed by atoms with E-state index in [0.717, 1.165) is 65.8 Å². The molecule has 0 fully saturated rings. The Bertz CT molecular complexity index is 2620. The maximum absolute atomic E-state index is 10.3. The first-order chi connectivity index (χ1) is 21.6. The van der Waals surface area contributed by atoms with Gasteiger partial charge in [0.1, 0.15) is 28.4 Å². The minimum Gasteiger partial charge on any atom is -0.457 e. The van der Waals surface area contributed by atoms with Gasteiger partial charge < -0.3 is 13.4 Å². The molecule has 5 aromatic carbocycles. The van der Waals surface area contributed by atoms with Crippen molar-refractivity contribution in [2.24, 2.45) is 0 Å². The molecule has 0 saturated heterocycles. The fourth-order valence-corrected chi connectivity index (χ4v) is 6.34. The molecule has 0 unspecified atom stereocenters. The lowest BCUT2D eigenvalue weighted by atomic mass is 9.98. The Hall–Kier alpha value is -6.30. The summed E-state index contributed by atoms with van der Waals surface area (Å²) in [6, 6.07) is 38.7. The smallest absolute Gasteiger partial charge is 0.135 e. The number of nitriles is 2. The van der Waals surface area contributed by atoms with E-state index in [2.05, 4.69) is 59.7 Å². The van der Waals surface area contributed by atoms with Crippen molar-refractivity contribution in [2.75, 3.05) is 0 Å². The highest BCUT2D eigenvalue weighted by atomic mass is 16.3. The van der Waals surface area contributed by atoms with E-state index in [9.17, 15) is 10.5 Å². The molecule has 8 rings (SSSR count). The van der Waals surface area contributed by atoms with Crippen LogP contribution in [0, 0.1) is 29.6 Å². The zero-order chi connectivity index (χ0) is 29.9. The van der Waals surface area contributed by atoms with Crippen molar-refractivity contribution in [3.05, 3.63) is 136 Å².